The molecule has 142 valence electrons. The molecule has 3 rings (SSSR count). The van der Waals surface area contributed by atoms with Gasteiger partial charge in [-0.25, -0.2) is 0 Å². The Balaban J connectivity index is 1.49. The molecular weight excluding hydrogens is 390 g/mol. The topological polar surface area (TPSA) is 95.1 Å². The Kier molecular flexibility index (Phi) is 6.02. The Labute approximate surface area is 165 Å². The number of hydrogen-bond donors (Lipinski definition) is 1. The first-order valence-corrected chi connectivity index (χ1v) is 9.42. The second-order valence-corrected chi connectivity index (χ2v) is 7.07. The summed E-state index contributed by atoms with van der Waals surface area (Å²) in [6.45, 7) is 3.88. The predicted octanol–water partition coefficient (Wildman–Crippen LogP) is 3.38. The summed E-state index contributed by atoms with van der Waals surface area (Å²) in [5, 5.41) is 15.9. The molecule has 1 amide bonds. The van der Waals surface area contributed by atoms with Crippen molar-refractivity contribution in [3.63, 3.8) is 0 Å². The van der Waals surface area contributed by atoms with E-state index in [0.717, 1.165) is 28.8 Å². The van der Waals surface area contributed by atoms with Crippen LogP contribution in [0.3, 0.4) is 0 Å². The molecule has 8 nitrogen and oxygen atoms in total. The van der Waals surface area contributed by atoms with Gasteiger partial charge in [0.25, 0.3) is 11.1 Å². The molecule has 0 aliphatic heterocycles. The first-order valence-electron chi connectivity index (χ1n) is 8.06. The van der Waals surface area contributed by atoms with Gasteiger partial charge in [0.15, 0.2) is 6.61 Å². The molecule has 0 atom stereocenters. The second-order valence-electron chi connectivity index (χ2n) is 5.71. The van der Waals surface area contributed by atoms with Crippen LogP contribution in [-0.2, 0) is 18.4 Å². The molecule has 0 saturated carbocycles. The smallest absolute Gasteiger partial charge is 0.277 e. The number of aryl methyl sites for hydroxylation is 2. The van der Waals surface area contributed by atoms with Crippen LogP contribution in [0.5, 0.6) is 5.75 Å². The molecule has 0 radical (unpaired) electrons. The number of ether oxygens (including phenoxy) is 1. The number of nitrogens with one attached hydrogen (secondary N) is 1. The van der Waals surface area contributed by atoms with Gasteiger partial charge in [0.1, 0.15) is 5.75 Å². The minimum absolute atomic E-state index is 0.134. The number of carbonyl (C=O) groups is 1. The van der Waals surface area contributed by atoms with Crippen molar-refractivity contribution in [2.75, 3.05) is 11.1 Å². The van der Waals surface area contributed by atoms with Crippen molar-refractivity contribution in [2.45, 2.75) is 25.7 Å². The number of anilines is 1. The molecule has 2 heterocycles. The Bertz CT molecular complexity index is 939. The fourth-order valence-corrected chi connectivity index (χ4v) is 2.99. The lowest BCUT2D eigenvalue weighted by Gasteiger charge is -2.04. The third-order valence-electron chi connectivity index (χ3n) is 3.72. The highest BCUT2D eigenvalue weighted by molar-refractivity contribution is 7.99. The molecular formula is C17H18ClN5O3S. The van der Waals surface area contributed by atoms with Gasteiger partial charge in [-0.1, -0.05) is 23.4 Å². The van der Waals surface area contributed by atoms with Gasteiger partial charge in [0, 0.05) is 12.1 Å². The van der Waals surface area contributed by atoms with Crippen LogP contribution in [0.1, 0.15) is 17.3 Å². The summed E-state index contributed by atoms with van der Waals surface area (Å²) in [7, 11) is 1.83. The zero-order valence-electron chi connectivity index (χ0n) is 15.0. The second kappa shape index (κ2) is 8.45. The van der Waals surface area contributed by atoms with Crippen molar-refractivity contribution < 1.29 is 13.9 Å². The lowest BCUT2D eigenvalue weighted by molar-refractivity contribution is -0.113. The van der Waals surface area contributed by atoms with Crippen LogP contribution in [0.4, 0.5) is 5.69 Å². The quantitative estimate of drug-likeness (QED) is 0.600. The van der Waals surface area contributed by atoms with E-state index >= 15 is 0 Å². The van der Waals surface area contributed by atoms with E-state index in [1.807, 2.05) is 20.9 Å². The van der Waals surface area contributed by atoms with Crippen LogP contribution in [0.25, 0.3) is 0 Å². The summed E-state index contributed by atoms with van der Waals surface area (Å²) in [5.41, 5.74) is 2.39. The minimum Gasteiger partial charge on any atom is -0.484 e. The van der Waals surface area contributed by atoms with Crippen molar-refractivity contribution in [3.8, 4) is 5.75 Å². The first kappa shape index (κ1) is 19.2. The lowest BCUT2D eigenvalue weighted by atomic mass is 10.3. The summed E-state index contributed by atoms with van der Waals surface area (Å²) in [4.78, 5) is 12.2. The van der Waals surface area contributed by atoms with Gasteiger partial charge in [-0.15, -0.1) is 10.2 Å². The minimum atomic E-state index is -0.170. The monoisotopic (exact) mass is 407 g/mol. The van der Waals surface area contributed by atoms with Crippen molar-refractivity contribution in [1.29, 1.82) is 0 Å². The van der Waals surface area contributed by atoms with Crippen LogP contribution in [0, 0.1) is 13.8 Å². The highest BCUT2D eigenvalue weighted by atomic mass is 35.5. The van der Waals surface area contributed by atoms with Crippen LogP contribution in [0.2, 0.25) is 5.02 Å². The van der Waals surface area contributed by atoms with E-state index in [1.165, 1.54) is 0 Å². The average molecular weight is 408 g/mol. The zero-order chi connectivity index (χ0) is 19.4. The maximum Gasteiger partial charge on any atom is 0.277 e. The molecule has 0 saturated heterocycles. The van der Waals surface area contributed by atoms with Gasteiger partial charge in [-0.2, -0.15) is 5.10 Å². The molecule has 0 aliphatic rings. The van der Waals surface area contributed by atoms with Crippen LogP contribution in [-0.4, -0.2) is 31.6 Å². The predicted molar refractivity (Wildman–Crippen MR) is 102 cm³/mol. The molecule has 1 N–H and O–H groups in total. The van der Waals surface area contributed by atoms with Crippen molar-refractivity contribution >= 4 is 35.0 Å². The highest BCUT2D eigenvalue weighted by Crippen LogP contribution is 2.21. The van der Waals surface area contributed by atoms with Gasteiger partial charge >= 0.3 is 0 Å². The highest BCUT2D eigenvalue weighted by Gasteiger charge is 2.14. The Morgan fingerprint density at radius 1 is 1.30 bits per heavy atom. The SMILES string of the molecule is Cc1nn(C)c(C)c1NC(=O)CSc1nnc(COc2ccc(Cl)cc2)o1. The third-order valence-corrected chi connectivity index (χ3v) is 4.79. The molecule has 27 heavy (non-hydrogen) atoms. The molecule has 0 aliphatic carbocycles. The summed E-state index contributed by atoms with van der Waals surface area (Å²) in [5.74, 6) is 0.949. The number of halogens is 1. The molecule has 2 aromatic heterocycles. The molecule has 10 heteroatoms. The van der Waals surface area contributed by atoms with Gasteiger partial charge in [0.05, 0.1) is 22.8 Å². The summed E-state index contributed by atoms with van der Waals surface area (Å²) >= 11 is 6.98. The van der Waals surface area contributed by atoms with Crippen molar-refractivity contribution in [1.82, 2.24) is 20.0 Å². The molecule has 1 aromatic carbocycles. The Morgan fingerprint density at radius 2 is 2.04 bits per heavy atom. The van der Waals surface area contributed by atoms with Gasteiger partial charge in [-0.3, -0.25) is 9.48 Å². The summed E-state index contributed by atoms with van der Waals surface area (Å²) in [6, 6.07) is 6.97. The van der Waals surface area contributed by atoms with E-state index in [-0.39, 0.29) is 18.3 Å². The van der Waals surface area contributed by atoms with E-state index in [4.69, 9.17) is 20.8 Å². The Hall–Kier alpha value is -2.52. The van der Waals surface area contributed by atoms with Gasteiger partial charge < -0.3 is 14.5 Å². The van der Waals surface area contributed by atoms with E-state index < -0.39 is 0 Å². The maximum atomic E-state index is 12.2. The normalized spacial score (nSPS) is 10.8. The molecule has 0 unspecified atom stereocenters. The maximum absolute atomic E-state index is 12.2. The summed E-state index contributed by atoms with van der Waals surface area (Å²) in [6.07, 6.45) is 0. The fraction of sp³-hybridized carbons (Fsp3) is 0.294. The van der Waals surface area contributed by atoms with E-state index in [1.54, 1.807) is 28.9 Å². The molecule has 0 fully saturated rings. The number of amides is 1. The zero-order valence-corrected chi connectivity index (χ0v) is 16.6. The molecule has 0 bridgehead atoms. The summed E-state index contributed by atoms with van der Waals surface area (Å²) < 4.78 is 12.7. The number of carbonyl (C=O) groups excluding carboxylic acids is 1. The number of aromatic nitrogens is 4. The van der Waals surface area contributed by atoms with Crippen LogP contribution >= 0.6 is 23.4 Å². The van der Waals surface area contributed by atoms with Crippen LogP contribution in [0.15, 0.2) is 33.9 Å². The van der Waals surface area contributed by atoms with Crippen molar-refractivity contribution in [2.24, 2.45) is 7.05 Å². The van der Waals surface area contributed by atoms with E-state index in [2.05, 4.69) is 20.6 Å². The molecule has 0 spiro atoms. The van der Waals surface area contributed by atoms with Crippen molar-refractivity contribution in [3.05, 3.63) is 46.6 Å². The fourth-order valence-electron chi connectivity index (χ4n) is 2.29. The number of thioether (sulfide) groups is 1. The first-order chi connectivity index (χ1) is 12.9. The third kappa shape index (κ3) is 5.01. The average Bonchev–Trinajstić information content (AvgIpc) is 3.19. The lowest BCUT2D eigenvalue weighted by Crippen LogP contribution is -2.15. The molecule has 3 aromatic rings. The Morgan fingerprint density at radius 3 is 2.70 bits per heavy atom. The van der Waals surface area contributed by atoms with Gasteiger partial charge in [0.2, 0.25) is 5.91 Å². The number of hydrogen-bond acceptors (Lipinski definition) is 7. The van der Waals surface area contributed by atoms with E-state index in [9.17, 15) is 4.79 Å². The number of rotatable bonds is 7. The largest absolute Gasteiger partial charge is 0.484 e. The standard InChI is InChI=1S/C17H18ClN5O3S/c1-10-16(11(2)23(3)22-10)19-14(24)9-27-17-21-20-15(26-17)8-25-13-6-4-12(18)5-7-13/h4-7H,8-9H2,1-3H3,(H,19,24). The van der Waals surface area contributed by atoms with E-state index in [0.29, 0.717) is 21.9 Å². The van der Waals surface area contributed by atoms with Gasteiger partial charge in [-0.05, 0) is 38.1 Å². The van der Waals surface area contributed by atoms with Crippen LogP contribution < -0.4 is 10.1 Å². The number of nitrogens with zero attached hydrogens (tertiary/aromatic N) is 4. The number of benzene rings is 1.